The normalized spacial score (nSPS) is 7.00. The van der Waals surface area contributed by atoms with Crippen molar-refractivity contribution >= 4 is 69.9 Å². The molecular formula is CH8AlCaO5P. The van der Waals surface area contributed by atoms with Crippen LogP contribution in [0.4, 0.5) is 4.79 Å². The molecule has 0 aliphatic heterocycles. The Kier molecular flexibility index (Phi) is 17.6. The van der Waals surface area contributed by atoms with Gasteiger partial charge in [-0.3, -0.25) is 0 Å². The molecule has 0 saturated heterocycles. The summed E-state index contributed by atoms with van der Waals surface area (Å²) in [5.74, 6) is 0. The van der Waals surface area contributed by atoms with Crippen molar-refractivity contribution in [3.05, 3.63) is 0 Å². The predicted octanol–water partition coefficient (Wildman–Crippen LogP) is -2.21. The third-order valence-electron chi connectivity index (χ3n) is 0.160. The number of carbonyl (C=O) groups is 1. The average Bonchev–Trinajstić information content (AvgIpc) is 1.27. The molecule has 0 atom stereocenters. The molecule has 9 heavy (non-hydrogen) atoms. The van der Waals surface area contributed by atoms with E-state index in [4.69, 9.17) is 14.9 Å². The Hall–Kier alpha value is 1.41. The van der Waals surface area contributed by atoms with Crippen LogP contribution in [0.2, 0.25) is 0 Å². The first-order valence-electron chi connectivity index (χ1n) is 1.21. The predicted molar refractivity (Wildman–Crippen MR) is 39.0 cm³/mol. The first-order valence-corrected chi connectivity index (χ1v) is 2.38. The van der Waals surface area contributed by atoms with Gasteiger partial charge in [-0.25, -0.2) is 4.79 Å². The van der Waals surface area contributed by atoms with Gasteiger partial charge in [-0.05, 0) is 0 Å². The van der Waals surface area contributed by atoms with Gasteiger partial charge in [0.25, 0.3) is 0 Å². The van der Waals surface area contributed by atoms with E-state index in [9.17, 15) is 4.79 Å². The summed E-state index contributed by atoms with van der Waals surface area (Å²) >= 11 is 0. The monoisotopic (exact) mass is 198 g/mol. The molecule has 0 amide bonds. The Morgan fingerprint density at radius 1 is 1.44 bits per heavy atom. The van der Waals surface area contributed by atoms with Crippen molar-refractivity contribution in [2.75, 3.05) is 0 Å². The molecule has 0 aliphatic carbocycles. The molecule has 0 aromatic rings. The quantitative estimate of drug-likeness (QED) is 0.328. The van der Waals surface area contributed by atoms with E-state index >= 15 is 0 Å². The molecule has 0 aliphatic rings. The van der Waals surface area contributed by atoms with E-state index < -0.39 is 14.8 Å². The summed E-state index contributed by atoms with van der Waals surface area (Å²) in [7, 11) is -2.74. The van der Waals surface area contributed by atoms with Crippen LogP contribution in [0.25, 0.3) is 0 Å². The average molecular weight is 198 g/mol. The van der Waals surface area contributed by atoms with Crippen molar-refractivity contribution < 1.29 is 24.2 Å². The van der Waals surface area contributed by atoms with Crippen molar-refractivity contribution in [2.24, 2.45) is 0 Å². The number of hydrogen-bond donors (Lipinski definition) is 3. The fourth-order valence-electron chi connectivity index (χ4n) is 0.0698. The van der Waals surface area contributed by atoms with E-state index in [0.29, 0.717) is 0 Å². The van der Waals surface area contributed by atoms with Crippen LogP contribution in [0.3, 0.4) is 0 Å². The molecule has 0 aromatic carbocycles. The molecule has 0 rings (SSSR count). The van der Waals surface area contributed by atoms with Crippen LogP contribution in [0.15, 0.2) is 0 Å². The third-order valence-corrected chi connectivity index (χ3v) is 0.479. The second-order valence-electron chi connectivity index (χ2n) is 0.610. The molecule has 0 heterocycles. The Bertz CT molecular complexity index is 77.4. The molecule has 5 nitrogen and oxygen atoms in total. The maximum absolute atomic E-state index is 9.28. The molecule has 3 N–H and O–H groups in total. The van der Waals surface area contributed by atoms with E-state index in [-0.39, 0.29) is 55.1 Å². The molecule has 0 aromatic heterocycles. The van der Waals surface area contributed by atoms with Crippen molar-refractivity contribution in [1.29, 1.82) is 0 Å². The molecular weight excluding hydrogens is 190 g/mol. The second kappa shape index (κ2) is 9.41. The molecule has 0 radical (unpaired) electrons. The molecule has 0 spiro atoms. The van der Waals surface area contributed by atoms with Gasteiger partial charge in [-0.15, -0.1) is 0 Å². The van der Waals surface area contributed by atoms with E-state index in [1.807, 2.05) is 0 Å². The summed E-state index contributed by atoms with van der Waals surface area (Å²) in [5.41, 5.74) is 0. The third kappa shape index (κ3) is 17.7. The number of hydrogen-bond acceptors (Lipinski definition) is 4. The molecule has 0 saturated carbocycles. The van der Waals surface area contributed by atoms with Crippen LogP contribution >= 0.6 is 8.60 Å². The molecule has 0 fully saturated rings. The zero-order valence-electron chi connectivity index (χ0n) is 3.11. The van der Waals surface area contributed by atoms with Gasteiger partial charge in [0.15, 0.2) is 17.4 Å². The topological polar surface area (TPSA) is 87.0 Å². The van der Waals surface area contributed by atoms with Crippen LogP contribution < -0.4 is 0 Å². The van der Waals surface area contributed by atoms with Crippen LogP contribution in [-0.4, -0.2) is 76.1 Å². The van der Waals surface area contributed by atoms with E-state index in [2.05, 4.69) is 4.52 Å². The van der Waals surface area contributed by atoms with Gasteiger partial charge in [0, 0.05) is 0 Å². The molecule has 0 bridgehead atoms. The van der Waals surface area contributed by atoms with Crippen LogP contribution in [0, 0.1) is 0 Å². The first kappa shape index (κ1) is 16.8. The van der Waals surface area contributed by atoms with Crippen LogP contribution in [0.1, 0.15) is 0 Å². The summed E-state index contributed by atoms with van der Waals surface area (Å²) in [6, 6.07) is 0. The Morgan fingerprint density at radius 2 is 1.78 bits per heavy atom. The first-order chi connectivity index (χ1) is 3.13. The SMILES string of the molecule is O=C(O)OP(O)O.[AlH3].[CaH2]. The van der Waals surface area contributed by atoms with Gasteiger partial charge >= 0.3 is 52.5 Å². The van der Waals surface area contributed by atoms with E-state index in [1.165, 1.54) is 0 Å². The van der Waals surface area contributed by atoms with E-state index in [0.717, 1.165) is 0 Å². The number of rotatable bonds is 1. The van der Waals surface area contributed by atoms with E-state index in [1.54, 1.807) is 0 Å². The summed E-state index contributed by atoms with van der Waals surface area (Å²) in [6.07, 6.45) is -1.68. The zero-order chi connectivity index (χ0) is 5.86. The Labute approximate surface area is 93.1 Å². The zero-order valence-corrected chi connectivity index (χ0v) is 4.00. The van der Waals surface area contributed by atoms with Gasteiger partial charge in [0.1, 0.15) is 0 Å². The van der Waals surface area contributed by atoms with Gasteiger partial charge in [-0.1, -0.05) is 0 Å². The van der Waals surface area contributed by atoms with Crippen molar-refractivity contribution in [3.8, 4) is 0 Å². The maximum atomic E-state index is 9.28. The van der Waals surface area contributed by atoms with Gasteiger partial charge in [0.05, 0.1) is 0 Å². The summed E-state index contributed by atoms with van der Waals surface area (Å²) in [6.45, 7) is 0. The van der Waals surface area contributed by atoms with Gasteiger partial charge in [-0.2, -0.15) is 0 Å². The van der Waals surface area contributed by atoms with Crippen molar-refractivity contribution in [2.45, 2.75) is 0 Å². The van der Waals surface area contributed by atoms with Crippen LogP contribution in [0.5, 0.6) is 0 Å². The molecule has 0 unspecified atom stereocenters. The molecule has 52 valence electrons. The minimum atomic E-state index is -2.74. The Morgan fingerprint density at radius 3 is 1.78 bits per heavy atom. The fraction of sp³-hybridized carbons (Fsp3) is 0. The fourth-order valence-corrected chi connectivity index (χ4v) is 0.210. The minimum absolute atomic E-state index is 0. The van der Waals surface area contributed by atoms with Crippen molar-refractivity contribution in [3.63, 3.8) is 0 Å². The van der Waals surface area contributed by atoms with Crippen molar-refractivity contribution in [1.82, 2.24) is 0 Å². The van der Waals surface area contributed by atoms with Gasteiger partial charge in [0.2, 0.25) is 0 Å². The standard InChI is InChI=1S/CH3O5P.Al.Ca.5H/c2-1(3)6-7(4)5;;;;;;;/h4-5H,(H,2,3);;;;;;;. The molecule has 8 heteroatoms. The summed E-state index contributed by atoms with van der Waals surface area (Å²) in [4.78, 5) is 24.8. The summed E-state index contributed by atoms with van der Waals surface area (Å²) < 4.78 is 3.34. The summed E-state index contributed by atoms with van der Waals surface area (Å²) in [5, 5.41) is 7.56. The second-order valence-corrected chi connectivity index (χ2v) is 1.30. The number of carboxylic acid groups (broad SMARTS) is 1. The Balaban J connectivity index is -0.000000180. The van der Waals surface area contributed by atoms with Gasteiger partial charge < -0.3 is 19.4 Å². The van der Waals surface area contributed by atoms with Crippen LogP contribution in [-0.2, 0) is 4.52 Å².